The van der Waals surface area contributed by atoms with Gasteiger partial charge in [-0.3, -0.25) is 4.99 Å². The summed E-state index contributed by atoms with van der Waals surface area (Å²) >= 11 is 0. The number of phenolic OH excluding ortho intramolecular Hbond substituents is 1. The van der Waals surface area contributed by atoms with Gasteiger partial charge in [0.05, 0.1) is 12.6 Å². The Kier molecular flexibility index (Phi) is 5.77. The number of nitrogens with zero attached hydrogens (tertiary/aromatic N) is 1. The van der Waals surface area contributed by atoms with Gasteiger partial charge in [-0.15, -0.1) is 0 Å². The number of benzene rings is 2. The molecule has 4 fully saturated rings. The smallest absolute Gasteiger partial charge is 0.128 e. The van der Waals surface area contributed by atoms with E-state index in [2.05, 4.69) is 45.0 Å². The third-order valence-electron chi connectivity index (χ3n) is 8.32. The Morgan fingerprint density at radius 3 is 2.28 bits per heavy atom. The molecule has 0 atom stereocenters. The zero-order valence-corrected chi connectivity index (χ0v) is 19.8. The molecule has 6 rings (SSSR count). The second-order valence-electron chi connectivity index (χ2n) is 10.9. The molecule has 0 aromatic heterocycles. The van der Waals surface area contributed by atoms with Crippen LogP contribution >= 0.6 is 0 Å². The van der Waals surface area contributed by atoms with Gasteiger partial charge in [0.1, 0.15) is 11.5 Å². The maximum Gasteiger partial charge on any atom is 0.128 e. The summed E-state index contributed by atoms with van der Waals surface area (Å²) in [4.78, 5) is 5.13. The lowest BCUT2D eigenvalue weighted by Crippen LogP contribution is -2.47. The van der Waals surface area contributed by atoms with E-state index in [4.69, 9.17) is 9.73 Å². The number of phenols is 1. The van der Waals surface area contributed by atoms with Crippen LogP contribution in [-0.4, -0.2) is 24.0 Å². The summed E-state index contributed by atoms with van der Waals surface area (Å²) < 4.78 is 6.04. The first-order valence-electron chi connectivity index (χ1n) is 12.5. The maximum atomic E-state index is 11.4. The molecule has 170 valence electrons. The molecule has 3 heteroatoms. The van der Waals surface area contributed by atoms with Gasteiger partial charge in [0, 0.05) is 22.8 Å². The second kappa shape index (κ2) is 8.57. The SMILES string of the molecule is CCCOc1cc(C=NC2C3CC4CC(C3)CC2C4)c(O)c(C(C)(C)c2ccccc2)c1. The molecule has 0 heterocycles. The molecule has 1 N–H and O–H groups in total. The minimum absolute atomic E-state index is 0.329. The van der Waals surface area contributed by atoms with Gasteiger partial charge in [-0.05, 0) is 79.9 Å². The van der Waals surface area contributed by atoms with Crippen LogP contribution in [0, 0.1) is 23.7 Å². The van der Waals surface area contributed by atoms with Gasteiger partial charge in [0.15, 0.2) is 0 Å². The molecule has 0 amide bonds. The molecule has 2 aromatic rings. The van der Waals surface area contributed by atoms with Crippen molar-refractivity contribution in [2.75, 3.05) is 6.61 Å². The van der Waals surface area contributed by atoms with E-state index in [0.29, 0.717) is 18.4 Å². The number of rotatable bonds is 7. The molecule has 4 aliphatic carbocycles. The van der Waals surface area contributed by atoms with Gasteiger partial charge in [-0.1, -0.05) is 51.1 Å². The number of hydrogen-bond acceptors (Lipinski definition) is 3. The Morgan fingerprint density at radius 2 is 1.66 bits per heavy atom. The van der Waals surface area contributed by atoms with E-state index in [-0.39, 0.29) is 5.41 Å². The molecule has 3 nitrogen and oxygen atoms in total. The quantitative estimate of drug-likeness (QED) is 0.493. The van der Waals surface area contributed by atoms with Crippen molar-refractivity contribution in [1.82, 2.24) is 0 Å². The molecular formula is C29H37NO2. The van der Waals surface area contributed by atoms with Crippen LogP contribution in [0.5, 0.6) is 11.5 Å². The van der Waals surface area contributed by atoms with Crippen LogP contribution in [-0.2, 0) is 5.41 Å². The Hall–Kier alpha value is -2.29. The molecule has 0 aliphatic heterocycles. The number of hydrogen-bond donors (Lipinski definition) is 1. The van der Waals surface area contributed by atoms with Gasteiger partial charge in [0.2, 0.25) is 0 Å². The van der Waals surface area contributed by atoms with E-state index < -0.39 is 0 Å². The molecule has 2 aromatic carbocycles. The fraction of sp³-hybridized carbons (Fsp3) is 0.552. The Balaban J connectivity index is 1.49. The van der Waals surface area contributed by atoms with E-state index in [1.54, 1.807) is 0 Å². The largest absolute Gasteiger partial charge is 0.507 e. The second-order valence-corrected chi connectivity index (χ2v) is 10.9. The molecule has 0 saturated heterocycles. The zero-order valence-electron chi connectivity index (χ0n) is 19.8. The highest BCUT2D eigenvalue weighted by molar-refractivity contribution is 5.85. The lowest BCUT2D eigenvalue weighted by Gasteiger charge is -2.53. The number of aromatic hydroxyl groups is 1. The van der Waals surface area contributed by atoms with Gasteiger partial charge >= 0.3 is 0 Å². The van der Waals surface area contributed by atoms with Crippen molar-refractivity contribution in [2.45, 2.75) is 70.8 Å². The third kappa shape index (κ3) is 3.95. The molecule has 4 bridgehead atoms. The summed E-state index contributed by atoms with van der Waals surface area (Å²) in [5, 5.41) is 11.4. The van der Waals surface area contributed by atoms with Crippen LogP contribution < -0.4 is 4.74 Å². The summed E-state index contributed by atoms with van der Waals surface area (Å²) in [6.07, 6.45) is 9.78. The highest BCUT2D eigenvalue weighted by Gasteiger charge is 2.48. The molecule has 4 aliphatic rings. The van der Waals surface area contributed by atoms with Gasteiger partial charge in [0.25, 0.3) is 0 Å². The highest BCUT2D eigenvalue weighted by Crippen LogP contribution is 2.54. The summed E-state index contributed by atoms with van der Waals surface area (Å²) in [6.45, 7) is 7.12. The standard InChI is InChI=1S/C29H37NO2/c1-4-10-32-25-16-23(18-30-27-21-12-19-11-20(14-21)15-22(27)13-19)28(31)26(17-25)29(2,3)24-8-6-5-7-9-24/h5-9,16-22,27,31H,4,10-15H2,1-3H3. The normalized spacial score (nSPS) is 29.0. The van der Waals surface area contributed by atoms with Crippen LogP contribution in [0.4, 0.5) is 0 Å². The third-order valence-corrected chi connectivity index (χ3v) is 8.32. The predicted molar refractivity (Wildman–Crippen MR) is 131 cm³/mol. The van der Waals surface area contributed by atoms with Crippen LogP contribution in [0.3, 0.4) is 0 Å². The lowest BCUT2D eigenvalue weighted by molar-refractivity contribution is 0.00146. The lowest BCUT2D eigenvalue weighted by atomic mass is 9.54. The van der Waals surface area contributed by atoms with Crippen LogP contribution in [0.15, 0.2) is 47.5 Å². The van der Waals surface area contributed by atoms with Gasteiger partial charge in [-0.25, -0.2) is 0 Å². The van der Waals surface area contributed by atoms with E-state index in [9.17, 15) is 5.11 Å². The van der Waals surface area contributed by atoms with E-state index in [1.807, 2.05) is 24.4 Å². The van der Waals surface area contributed by atoms with Crippen molar-refractivity contribution in [3.8, 4) is 11.5 Å². The van der Waals surface area contributed by atoms with Crippen molar-refractivity contribution in [2.24, 2.45) is 28.7 Å². The molecule has 0 unspecified atom stereocenters. The van der Waals surface area contributed by atoms with Gasteiger partial charge in [-0.2, -0.15) is 0 Å². The van der Waals surface area contributed by atoms with Crippen molar-refractivity contribution in [3.05, 3.63) is 59.2 Å². The van der Waals surface area contributed by atoms with Gasteiger partial charge < -0.3 is 9.84 Å². The van der Waals surface area contributed by atoms with Crippen molar-refractivity contribution >= 4 is 6.21 Å². The predicted octanol–water partition coefficient (Wildman–Crippen LogP) is 6.75. The topological polar surface area (TPSA) is 41.8 Å². The van der Waals surface area contributed by atoms with E-state index >= 15 is 0 Å². The number of aliphatic imine (C=N–C) groups is 1. The van der Waals surface area contributed by atoms with Crippen LogP contribution in [0.1, 0.15) is 76.0 Å². The molecule has 4 saturated carbocycles. The summed E-state index contributed by atoms with van der Waals surface area (Å²) in [5.74, 6) is 4.52. The molecule has 0 radical (unpaired) electrons. The zero-order chi connectivity index (χ0) is 22.3. The van der Waals surface area contributed by atoms with Crippen LogP contribution in [0.25, 0.3) is 0 Å². The van der Waals surface area contributed by atoms with Crippen molar-refractivity contribution < 1.29 is 9.84 Å². The average Bonchev–Trinajstić information content (AvgIpc) is 2.78. The molecule has 32 heavy (non-hydrogen) atoms. The Morgan fingerprint density at radius 1 is 1.00 bits per heavy atom. The summed E-state index contributed by atoms with van der Waals surface area (Å²) in [7, 11) is 0. The Bertz CT molecular complexity index is 950. The average molecular weight is 432 g/mol. The fourth-order valence-electron chi connectivity index (χ4n) is 6.82. The summed E-state index contributed by atoms with van der Waals surface area (Å²) in [6, 6.07) is 14.8. The minimum atomic E-state index is -0.345. The van der Waals surface area contributed by atoms with Crippen LogP contribution in [0.2, 0.25) is 0 Å². The fourth-order valence-corrected chi connectivity index (χ4v) is 6.82. The summed E-state index contributed by atoms with van der Waals surface area (Å²) in [5.41, 5.74) is 2.50. The van der Waals surface area contributed by atoms with E-state index in [0.717, 1.165) is 47.0 Å². The van der Waals surface area contributed by atoms with Crippen molar-refractivity contribution in [1.29, 1.82) is 0 Å². The van der Waals surface area contributed by atoms with Crippen molar-refractivity contribution in [3.63, 3.8) is 0 Å². The first-order chi connectivity index (χ1) is 15.5. The first-order valence-corrected chi connectivity index (χ1v) is 12.5. The van der Waals surface area contributed by atoms with E-state index in [1.165, 1.54) is 37.7 Å². The number of ether oxygens (including phenoxy) is 1. The maximum absolute atomic E-state index is 11.4. The monoisotopic (exact) mass is 431 g/mol. The first kappa shape index (κ1) is 21.6. The highest BCUT2D eigenvalue weighted by atomic mass is 16.5. The Labute approximate surface area is 192 Å². The molecular weight excluding hydrogens is 394 g/mol. The minimum Gasteiger partial charge on any atom is -0.507 e. The molecule has 0 spiro atoms.